The van der Waals surface area contributed by atoms with Crippen LogP contribution < -0.4 is 0 Å². The van der Waals surface area contributed by atoms with Gasteiger partial charge in [0.2, 0.25) is 0 Å². The van der Waals surface area contributed by atoms with Gasteiger partial charge in [0.05, 0.1) is 26.4 Å². The number of phosphoric acid groups is 2. The number of phosphoric ester groups is 2. The first kappa shape index (κ1) is 86.1. The van der Waals surface area contributed by atoms with Crippen LogP contribution in [0.25, 0.3) is 0 Å². The molecule has 0 amide bonds. The van der Waals surface area contributed by atoms with Gasteiger partial charge in [-0.05, 0) is 43.4 Å². The van der Waals surface area contributed by atoms with E-state index >= 15 is 0 Å². The van der Waals surface area contributed by atoms with Crippen molar-refractivity contribution in [2.45, 2.75) is 362 Å². The summed E-state index contributed by atoms with van der Waals surface area (Å²) in [7, 11) is -9.90. The van der Waals surface area contributed by atoms with E-state index in [0.29, 0.717) is 37.5 Å². The van der Waals surface area contributed by atoms with Gasteiger partial charge < -0.3 is 33.8 Å². The minimum atomic E-state index is -4.95. The Bertz CT molecular complexity index is 1730. The zero-order valence-electron chi connectivity index (χ0n) is 57.2. The molecule has 0 aromatic carbocycles. The molecule has 0 spiro atoms. The van der Waals surface area contributed by atoms with Crippen molar-refractivity contribution < 1.29 is 80.2 Å². The van der Waals surface area contributed by atoms with E-state index in [1.807, 2.05) is 0 Å². The van der Waals surface area contributed by atoms with Gasteiger partial charge in [0, 0.05) is 25.7 Å². The lowest BCUT2D eigenvalue weighted by atomic mass is 9.99. The molecule has 19 heteroatoms. The third-order valence-corrected chi connectivity index (χ3v) is 18.1. The van der Waals surface area contributed by atoms with Crippen LogP contribution in [0.3, 0.4) is 0 Å². The van der Waals surface area contributed by atoms with Crippen LogP contribution in [-0.4, -0.2) is 96.7 Å². The number of carbonyl (C=O) groups excluding carboxylic acids is 4. The second kappa shape index (κ2) is 60.0. The largest absolute Gasteiger partial charge is 0.472 e. The summed E-state index contributed by atoms with van der Waals surface area (Å²) in [6.45, 7) is 11.7. The Morgan fingerprint density at radius 3 is 0.864 bits per heavy atom. The molecule has 0 fully saturated rings. The third-order valence-electron chi connectivity index (χ3n) is 16.2. The number of hydrogen-bond donors (Lipinski definition) is 3. The van der Waals surface area contributed by atoms with Gasteiger partial charge in [-0.3, -0.25) is 37.3 Å². The van der Waals surface area contributed by atoms with Crippen molar-refractivity contribution in [2.75, 3.05) is 39.6 Å². The van der Waals surface area contributed by atoms with Crippen LogP contribution in [0, 0.1) is 17.8 Å². The van der Waals surface area contributed by atoms with Crippen LogP contribution in [0.15, 0.2) is 0 Å². The first-order valence-electron chi connectivity index (χ1n) is 35.9. The fourth-order valence-corrected chi connectivity index (χ4v) is 11.9. The Balaban J connectivity index is 5.24. The van der Waals surface area contributed by atoms with Gasteiger partial charge in [-0.25, -0.2) is 9.13 Å². The number of hydrogen-bond acceptors (Lipinski definition) is 15. The van der Waals surface area contributed by atoms with E-state index in [0.717, 1.165) is 102 Å². The monoisotopic (exact) mass is 1300 g/mol. The standard InChI is InChI=1S/C69H134O17P2/c1-8-10-11-12-13-14-15-16-17-18-19-20-21-30-38-45-52-68(73)85-64(56-79-66(71)50-43-36-29-23-22-28-35-42-49-62(7)9-2)58-83-87(75,76)81-54-63(70)55-82-88(77,78)84-59-65(86-69(74)53-46-39-32-25-27-34-41-48-61(5)6)57-80-67(72)51-44-37-31-24-26-33-40-47-60(3)4/h60-65,70H,8-59H2,1-7H3,(H,75,76)(H,77,78)/t62?,63-,64-,65-/m1/s1. The summed E-state index contributed by atoms with van der Waals surface area (Å²) in [6, 6.07) is 0. The molecule has 0 saturated carbocycles. The molecular weight excluding hydrogens is 1160 g/mol. The van der Waals surface area contributed by atoms with Gasteiger partial charge in [0.25, 0.3) is 0 Å². The molecule has 0 aliphatic rings. The smallest absolute Gasteiger partial charge is 0.462 e. The van der Waals surface area contributed by atoms with E-state index in [1.54, 1.807) is 0 Å². The average molecular weight is 1300 g/mol. The molecule has 3 unspecified atom stereocenters. The average Bonchev–Trinajstić information content (AvgIpc) is 3.58. The molecule has 6 atom stereocenters. The highest BCUT2D eigenvalue weighted by Gasteiger charge is 2.30. The predicted octanol–water partition coefficient (Wildman–Crippen LogP) is 19.5. The van der Waals surface area contributed by atoms with E-state index < -0.39 is 97.5 Å². The van der Waals surface area contributed by atoms with Crippen molar-refractivity contribution in [3.8, 4) is 0 Å². The molecule has 0 aromatic heterocycles. The Morgan fingerprint density at radius 2 is 0.580 bits per heavy atom. The molecule has 88 heavy (non-hydrogen) atoms. The van der Waals surface area contributed by atoms with Crippen LogP contribution >= 0.6 is 15.6 Å². The van der Waals surface area contributed by atoms with Gasteiger partial charge in [0.1, 0.15) is 19.3 Å². The lowest BCUT2D eigenvalue weighted by molar-refractivity contribution is -0.161. The minimum Gasteiger partial charge on any atom is -0.462 e. The van der Waals surface area contributed by atoms with Gasteiger partial charge in [-0.1, -0.05) is 292 Å². The molecule has 0 saturated heterocycles. The van der Waals surface area contributed by atoms with Crippen LogP contribution in [0.2, 0.25) is 0 Å². The summed E-state index contributed by atoms with van der Waals surface area (Å²) in [5.41, 5.74) is 0. The van der Waals surface area contributed by atoms with Crippen molar-refractivity contribution in [1.29, 1.82) is 0 Å². The second-order valence-electron chi connectivity index (χ2n) is 26.1. The number of aliphatic hydroxyl groups excluding tert-OH is 1. The Morgan fingerprint density at radius 1 is 0.330 bits per heavy atom. The first-order valence-corrected chi connectivity index (χ1v) is 38.9. The van der Waals surface area contributed by atoms with Crippen LogP contribution in [0.1, 0.15) is 344 Å². The Labute approximate surface area is 537 Å². The number of ether oxygens (including phenoxy) is 4. The zero-order valence-corrected chi connectivity index (χ0v) is 59.0. The summed E-state index contributed by atoms with van der Waals surface area (Å²) in [4.78, 5) is 72.4. The van der Waals surface area contributed by atoms with Crippen molar-refractivity contribution in [3.63, 3.8) is 0 Å². The fourth-order valence-electron chi connectivity index (χ4n) is 10.3. The Hall–Kier alpha value is -1.94. The molecule has 0 rings (SSSR count). The number of unbranched alkanes of at least 4 members (excludes halogenated alkanes) is 34. The predicted molar refractivity (Wildman–Crippen MR) is 354 cm³/mol. The van der Waals surface area contributed by atoms with Crippen molar-refractivity contribution >= 4 is 39.5 Å². The SMILES string of the molecule is CCCCCCCCCCCCCCCCCCC(=O)O[C@H](COC(=O)CCCCCCCCCCC(C)CC)COP(=O)(O)OC[C@@H](O)COP(=O)(O)OC[C@@H](COC(=O)CCCCCCCCCC(C)C)OC(=O)CCCCCCCCCC(C)C. The van der Waals surface area contributed by atoms with Crippen molar-refractivity contribution in [2.24, 2.45) is 17.8 Å². The van der Waals surface area contributed by atoms with E-state index in [2.05, 4.69) is 48.5 Å². The van der Waals surface area contributed by atoms with E-state index in [9.17, 15) is 43.2 Å². The molecule has 0 heterocycles. The van der Waals surface area contributed by atoms with Gasteiger partial charge in [0.15, 0.2) is 12.2 Å². The van der Waals surface area contributed by atoms with E-state index in [1.165, 1.54) is 148 Å². The number of aliphatic hydroxyl groups is 1. The maximum absolute atomic E-state index is 13.0. The third kappa shape index (κ3) is 61.6. The molecular formula is C69H134O17P2. The summed E-state index contributed by atoms with van der Waals surface area (Å²) in [5, 5.41) is 10.6. The zero-order chi connectivity index (χ0) is 65.2. The Kier molecular flexibility index (Phi) is 58.7. The van der Waals surface area contributed by atoms with Gasteiger partial charge >= 0.3 is 39.5 Å². The highest BCUT2D eigenvalue weighted by atomic mass is 31.2. The second-order valence-corrected chi connectivity index (χ2v) is 29.0. The molecule has 0 aliphatic heterocycles. The lowest BCUT2D eigenvalue weighted by Crippen LogP contribution is -2.30. The first-order chi connectivity index (χ1) is 42.3. The summed E-state index contributed by atoms with van der Waals surface area (Å²) < 4.78 is 68.2. The van der Waals surface area contributed by atoms with E-state index in [4.69, 9.17) is 37.0 Å². The van der Waals surface area contributed by atoms with Crippen LogP contribution in [0.5, 0.6) is 0 Å². The van der Waals surface area contributed by atoms with Gasteiger partial charge in [-0.2, -0.15) is 0 Å². The lowest BCUT2D eigenvalue weighted by Gasteiger charge is -2.21. The summed E-state index contributed by atoms with van der Waals surface area (Å²) in [6.07, 6.45) is 43.2. The van der Waals surface area contributed by atoms with Gasteiger partial charge in [-0.15, -0.1) is 0 Å². The van der Waals surface area contributed by atoms with Crippen LogP contribution in [-0.2, 0) is 65.4 Å². The van der Waals surface area contributed by atoms with E-state index in [-0.39, 0.29) is 25.7 Å². The minimum absolute atomic E-state index is 0.102. The van der Waals surface area contributed by atoms with Crippen LogP contribution in [0.4, 0.5) is 0 Å². The molecule has 3 N–H and O–H groups in total. The summed E-state index contributed by atoms with van der Waals surface area (Å²) in [5.74, 6) is 0.0477. The normalized spacial score (nSPS) is 14.5. The number of rotatable bonds is 67. The topological polar surface area (TPSA) is 237 Å². The quantitative estimate of drug-likeness (QED) is 0.0222. The molecule has 0 aromatic rings. The molecule has 0 bridgehead atoms. The maximum Gasteiger partial charge on any atom is 0.472 e. The molecule has 522 valence electrons. The molecule has 17 nitrogen and oxygen atoms in total. The fraction of sp³-hybridized carbons (Fsp3) is 0.942. The molecule has 0 aliphatic carbocycles. The van der Waals surface area contributed by atoms with Crippen molar-refractivity contribution in [1.82, 2.24) is 0 Å². The number of esters is 4. The summed E-state index contributed by atoms with van der Waals surface area (Å²) >= 11 is 0. The molecule has 0 radical (unpaired) electrons. The number of carbonyl (C=O) groups is 4. The highest BCUT2D eigenvalue weighted by molar-refractivity contribution is 7.47. The maximum atomic E-state index is 13.0. The highest BCUT2D eigenvalue weighted by Crippen LogP contribution is 2.45. The van der Waals surface area contributed by atoms with Crippen molar-refractivity contribution in [3.05, 3.63) is 0 Å².